The summed E-state index contributed by atoms with van der Waals surface area (Å²) in [5.41, 5.74) is -0.510. The summed E-state index contributed by atoms with van der Waals surface area (Å²) in [6.45, 7) is 6.98. The molecular weight excluding hydrogens is 228 g/mol. The Hall–Kier alpha value is -1.90. The summed E-state index contributed by atoms with van der Waals surface area (Å²) >= 11 is 0. The Morgan fingerprint density at radius 2 is 1.67 bits per heavy atom. The smallest absolute Gasteiger partial charge is 0.346 e. The lowest BCUT2D eigenvalue weighted by Gasteiger charge is -2.17. The van der Waals surface area contributed by atoms with E-state index in [1.54, 1.807) is 52.0 Å². The molecule has 0 aliphatic carbocycles. The maximum absolute atomic E-state index is 12.1. The highest BCUT2D eigenvalue weighted by atomic mass is 16.5. The Balaban J connectivity index is 2.86. The van der Waals surface area contributed by atoms with E-state index in [-0.39, 0.29) is 11.4 Å². The first-order valence-corrected chi connectivity index (χ1v) is 5.84. The Kier molecular flexibility index (Phi) is 4.43. The van der Waals surface area contributed by atoms with Gasteiger partial charge in [0.2, 0.25) is 0 Å². The minimum atomic E-state index is -0.608. The van der Waals surface area contributed by atoms with E-state index in [9.17, 15) is 9.59 Å². The van der Waals surface area contributed by atoms with Gasteiger partial charge in [-0.2, -0.15) is 0 Å². The fraction of sp³-hybridized carbons (Fsp3) is 0.333. The van der Waals surface area contributed by atoms with Gasteiger partial charge < -0.3 is 4.74 Å². The van der Waals surface area contributed by atoms with Crippen LogP contribution in [0.3, 0.4) is 0 Å². The van der Waals surface area contributed by atoms with Crippen molar-refractivity contribution < 1.29 is 14.3 Å². The number of ketones is 1. The number of esters is 1. The highest BCUT2D eigenvalue weighted by Gasteiger charge is 2.29. The topological polar surface area (TPSA) is 43.4 Å². The Bertz CT molecular complexity index is 464. The average molecular weight is 246 g/mol. The molecule has 1 rings (SSSR count). The predicted octanol–water partition coefficient (Wildman–Crippen LogP) is 3.15. The van der Waals surface area contributed by atoms with Crippen molar-refractivity contribution in [1.29, 1.82) is 0 Å². The average Bonchev–Trinajstić information content (AvgIpc) is 2.29. The molecule has 1 aromatic rings. The summed E-state index contributed by atoms with van der Waals surface area (Å²) in [6.07, 6.45) is 1.50. The lowest BCUT2D eigenvalue weighted by molar-refractivity contribution is -0.134. The van der Waals surface area contributed by atoms with Crippen LogP contribution in [0.2, 0.25) is 0 Å². The molecule has 18 heavy (non-hydrogen) atoms. The second kappa shape index (κ2) is 5.63. The highest BCUT2D eigenvalue weighted by molar-refractivity contribution is 6.19. The van der Waals surface area contributed by atoms with Crippen LogP contribution in [-0.4, -0.2) is 11.8 Å². The largest absolute Gasteiger partial charge is 0.423 e. The summed E-state index contributed by atoms with van der Waals surface area (Å²) in [5.74, 6) is -0.391. The molecule has 0 aliphatic heterocycles. The van der Waals surface area contributed by atoms with Crippen molar-refractivity contribution >= 4 is 11.8 Å². The lowest BCUT2D eigenvalue weighted by Crippen LogP contribution is -2.28. The number of ether oxygens (including phenoxy) is 1. The molecule has 0 spiro atoms. The highest BCUT2D eigenvalue weighted by Crippen LogP contribution is 2.21. The van der Waals surface area contributed by atoms with Crippen LogP contribution in [0, 0.1) is 5.41 Å². The van der Waals surface area contributed by atoms with Crippen LogP contribution in [0.4, 0.5) is 0 Å². The van der Waals surface area contributed by atoms with Crippen LogP contribution >= 0.6 is 0 Å². The molecule has 96 valence electrons. The number of para-hydroxylation sites is 1. The monoisotopic (exact) mass is 246 g/mol. The second-order valence-electron chi connectivity index (χ2n) is 4.98. The third kappa shape index (κ3) is 3.55. The Morgan fingerprint density at radius 3 is 2.11 bits per heavy atom. The molecule has 0 N–H and O–H groups in total. The molecule has 0 saturated heterocycles. The maximum Gasteiger partial charge on any atom is 0.346 e. The summed E-state index contributed by atoms with van der Waals surface area (Å²) in [7, 11) is 0. The van der Waals surface area contributed by atoms with Crippen LogP contribution in [-0.2, 0) is 9.59 Å². The van der Waals surface area contributed by atoms with Crippen molar-refractivity contribution in [2.45, 2.75) is 27.7 Å². The van der Waals surface area contributed by atoms with Gasteiger partial charge in [-0.3, -0.25) is 4.79 Å². The first-order chi connectivity index (χ1) is 8.36. The van der Waals surface area contributed by atoms with Gasteiger partial charge in [0.1, 0.15) is 5.75 Å². The Morgan fingerprint density at radius 1 is 1.11 bits per heavy atom. The molecule has 0 atom stereocenters. The van der Waals surface area contributed by atoms with Crippen molar-refractivity contribution in [3.05, 3.63) is 42.0 Å². The number of hydrogen-bond donors (Lipinski definition) is 0. The Labute approximate surface area is 107 Å². The minimum absolute atomic E-state index is 0.0892. The molecule has 0 amide bonds. The van der Waals surface area contributed by atoms with Gasteiger partial charge >= 0.3 is 5.97 Å². The summed E-state index contributed by atoms with van der Waals surface area (Å²) in [6, 6.07) is 8.71. The molecular formula is C15H18O3. The molecule has 0 radical (unpaired) electrons. The van der Waals surface area contributed by atoms with E-state index in [0.717, 1.165) is 0 Å². The zero-order chi connectivity index (χ0) is 13.8. The van der Waals surface area contributed by atoms with Crippen molar-refractivity contribution in [1.82, 2.24) is 0 Å². The van der Waals surface area contributed by atoms with Gasteiger partial charge in [0.15, 0.2) is 5.78 Å². The summed E-state index contributed by atoms with van der Waals surface area (Å²) in [5, 5.41) is 0. The third-order valence-corrected chi connectivity index (χ3v) is 2.39. The molecule has 0 unspecified atom stereocenters. The first-order valence-electron chi connectivity index (χ1n) is 5.84. The maximum atomic E-state index is 12.1. The molecule has 0 aliphatic rings. The molecule has 0 fully saturated rings. The zero-order valence-corrected chi connectivity index (χ0v) is 11.2. The van der Waals surface area contributed by atoms with Crippen molar-refractivity contribution in [3.63, 3.8) is 0 Å². The van der Waals surface area contributed by atoms with Gasteiger partial charge in [0.25, 0.3) is 0 Å². The zero-order valence-electron chi connectivity index (χ0n) is 11.2. The first kappa shape index (κ1) is 14.2. The summed E-state index contributed by atoms with van der Waals surface area (Å²) < 4.78 is 5.16. The van der Waals surface area contributed by atoms with Gasteiger partial charge in [0.05, 0.1) is 5.57 Å². The van der Waals surface area contributed by atoms with Gasteiger partial charge in [0, 0.05) is 5.41 Å². The number of benzene rings is 1. The lowest BCUT2D eigenvalue weighted by atomic mass is 9.86. The molecule has 3 nitrogen and oxygen atoms in total. The number of hydrogen-bond acceptors (Lipinski definition) is 3. The summed E-state index contributed by atoms with van der Waals surface area (Å²) in [4.78, 5) is 24.0. The van der Waals surface area contributed by atoms with Gasteiger partial charge in [-0.25, -0.2) is 4.79 Å². The fourth-order valence-corrected chi connectivity index (χ4v) is 1.40. The molecule has 0 aromatic heterocycles. The number of Topliss-reactive ketones (excluding diaryl/α,β-unsaturated/α-hetero) is 1. The number of rotatable bonds is 3. The van der Waals surface area contributed by atoms with Crippen molar-refractivity contribution in [3.8, 4) is 5.75 Å². The quantitative estimate of drug-likeness (QED) is 0.270. The van der Waals surface area contributed by atoms with Gasteiger partial charge in [-0.15, -0.1) is 0 Å². The van der Waals surface area contributed by atoms with Crippen molar-refractivity contribution in [2.24, 2.45) is 5.41 Å². The van der Waals surface area contributed by atoms with Crippen LogP contribution < -0.4 is 4.74 Å². The van der Waals surface area contributed by atoms with Crippen LogP contribution in [0.5, 0.6) is 5.75 Å². The number of allylic oxidation sites excluding steroid dienone is 1. The van der Waals surface area contributed by atoms with E-state index in [1.165, 1.54) is 6.08 Å². The van der Waals surface area contributed by atoms with Crippen LogP contribution in [0.25, 0.3) is 0 Å². The molecule has 1 aromatic carbocycles. The molecule has 0 heterocycles. The predicted molar refractivity (Wildman–Crippen MR) is 70.3 cm³/mol. The number of carbonyl (C=O) groups is 2. The van der Waals surface area contributed by atoms with Crippen LogP contribution in [0.15, 0.2) is 42.0 Å². The van der Waals surface area contributed by atoms with E-state index < -0.39 is 11.4 Å². The van der Waals surface area contributed by atoms with Gasteiger partial charge in [-0.1, -0.05) is 45.0 Å². The van der Waals surface area contributed by atoms with E-state index in [0.29, 0.717) is 5.75 Å². The third-order valence-electron chi connectivity index (χ3n) is 2.39. The fourth-order valence-electron chi connectivity index (χ4n) is 1.40. The van der Waals surface area contributed by atoms with E-state index >= 15 is 0 Å². The second-order valence-corrected chi connectivity index (χ2v) is 4.98. The van der Waals surface area contributed by atoms with E-state index in [4.69, 9.17) is 4.74 Å². The SMILES string of the molecule is C/C=C(\C(=O)Oc1ccccc1)C(=O)C(C)(C)C. The molecule has 0 bridgehead atoms. The van der Waals surface area contributed by atoms with Crippen molar-refractivity contribution in [2.75, 3.05) is 0 Å². The minimum Gasteiger partial charge on any atom is -0.423 e. The van der Waals surface area contributed by atoms with E-state index in [1.807, 2.05) is 6.07 Å². The molecule has 3 heteroatoms. The normalized spacial score (nSPS) is 12.1. The van der Waals surface area contributed by atoms with E-state index in [2.05, 4.69) is 0 Å². The van der Waals surface area contributed by atoms with Crippen LogP contribution in [0.1, 0.15) is 27.7 Å². The molecule has 0 saturated carbocycles. The number of carbonyl (C=O) groups excluding carboxylic acids is 2. The van der Waals surface area contributed by atoms with Gasteiger partial charge in [-0.05, 0) is 19.1 Å². The standard InChI is InChI=1S/C15H18O3/c1-5-12(13(16)15(2,3)4)14(17)18-11-9-7-6-8-10-11/h5-10H,1-4H3/b12-5-.